The van der Waals surface area contributed by atoms with E-state index in [2.05, 4.69) is 4.74 Å². The number of hydrogen-bond acceptors (Lipinski definition) is 4. The lowest BCUT2D eigenvalue weighted by molar-refractivity contribution is -0.0498. The van der Waals surface area contributed by atoms with Crippen LogP contribution in [0.1, 0.15) is 27.9 Å². The second kappa shape index (κ2) is 6.79. The Morgan fingerprint density at radius 2 is 1.72 bits per heavy atom. The van der Waals surface area contributed by atoms with Crippen molar-refractivity contribution in [1.29, 1.82) is 0 Å². The van der Waals surface area contributed by atoms with E-state index in [4.69, 9.17) is 0 Å². The van der Waals surface area contributed by atoms with Gasteiger partial charge in [0.15, 0.2) is 0 Å². The van der Waals surface area contributed by atoms with Gasteiger partial charge in [0.1, 0.15) is 5.75 Å². The zero-order valence-corrected chi connectivity index (χ0v) is 13.9. The molecule has 0 fully saturated rings. The topological polar surface area (TPSA) is 72.5 Å². The van der Waals surface area contributed by atoms with Gasteiger partial charge in [-0.1, -0.05) is 6.07 Å². The number of fused-ring (bicyclic) bond motifs is 1. The number of benzene rings is 2. The van der Waals surface area contributed by atoms with Crippen LogP contribution < -0.4 is 9.46 Å². The monoisotopic (exact) mass is 367 g/mol. The number of carbonyl (C=O) groups is 1. The van der Waals surface area contributed by atoms with Gasteiger partial charge >= 0.3 is 6.61 Å². The highest BCUT2D eigenvalue weighted by Crippen LogP contribution is 2.24. The van der Waals surface area contributed by atoms with E-state index in [1.54, 1.807) is 12.1 Å². The SMILES string of the molecule is O=C(NS(=O)(=O)c1ccc2c(c1)CCC2)c1ccc(OC(F)F)cc1. The molecule has 0 bridgehead atoms. The number of sulfonamides is 1. The summed E-state index contributed by atoms with van der Waals surface area (Å²) >= 11 is 0. The summed E-state index contributed by atoms with van der Waals surface area (Å²) in [6.07, 6.45) is 2.73. The Labute approximate surface area is 143 Å². The number of hydrogen-bond donors (Lipinski definition) is 1. The van der Waals surface area contributed by atoms with Crippen molar-refractivity contribution in [2.24, 2.45) is 0 Å². The fraction of sp³-hybridized carbons (Fsp3) is 0.235. The second-order valence-electron chi connectivity index (χ2n) is 5.62. The van der Waals surface area contributed by atoms with Crippen molar-refractivity contribution >= 4 is 15.9 Å². The van der Waals surface area contributed by atoms with Crippen molar-refractivity contribution in [2.45, 2.75) is 30.8 Å². The molecule has 0 unspecified atom stereocenters. The summed E-state index contributed by atoms with van der Waals surface area (Å²) in [5, 5.41) is 0. The Hall–Kier alpha value is -2.48. The number of ether oxygens (including phenoxy) is 1. The molecule has 25 heavy (non-hydrogen) atoms. The molecule has 8 heteroatoms. The van der Waals surface area contributed by atoms with E-state index in [1.165, 1.54) is 30.3 Å². The minimum Gasteiger partial charge on any atom is -0.435 e. The fourth-order valence-electron chi connectivity index (χ4n) is 2.74. The molecule has 0 atom stereocenters. The average molecular weight is 367 g/mol. The van der Waals surface area contributed by atoms with Gasteiger partial charge in [-0.2, -0.15) is 8.78 Å². The molecule has 2 aromatic carbocycles. The highest BCUT2D eigenvalue weighted by molar-refractivity contribution is 7.90. The summed E-state index contributed by atoms with van der Waals surface area (Å²) in [7, 11) is -4.01. The van der Waals surface area contributed by atoms with Crippen molar-refractivity contribution in [3.05, 3.63) is 59.2 Å². The Balaban J connectivity index is 1.75. The van der Waals surface area contributed by atoms with Crippen molar-refractivity contribution in [3.8, 4) is 5.75 Å². The quantitative estimate of drug-likeness (QED) is 0.882. The smallest absolute Gasteiger partial charge is 0.387 e. The number of alkyl halides is 2. The zero-order chi connectivity index (χ0) is 18.0. The number of aryl methyl sites for hydroxylation is 2. The van der Waals surface area contributed by atoms with E-state index in [0.717, 1.165) is 30.4 Å². The standard InChI is InChI=1S/C17H15F2NO4S/c18-17(19)24-14-7-4-12(5-8-14)16(21)20-25(22,23)15-9-6-11-2-1-3-13(11)10-15/h4-10,17H,1-3H2,(H,20,21). The van der Waals surface area contributed by atoms with E-state index in [9.17, 15) is 22.0 Å². The third-order valence-electron chi connectivity index (χ3n) is 3.95. The fourth-order valence-corrected chi connectivity index (χ4v) is 3.77. The van der Waals surface area contributed by atoms with E-state index in [0.29, 0.717) is 0 Å². The Kier molecular flexibility index (Phi) is 4.71. The molecule has 0 aliphatic heterocycles. The predicted octanol–water partition coefficient (Wildman–Crippen LogP) is 2.90. The van der Waals surface area contributed by atoms with Gasteiger partial charge in [0.25, 0.3) is 15.9 Å². The maximum Gasteiger partial charge on any atom is 0.387 e. The van der Waals surface area contributed by atoms with Crippen molar-refractivity contribution in [3.63, 3.8) is 0 Å². The lowest BCUT2D eigenvalue weighted by atomic mass is 10.1. The average Bonchev–Trinajstić information content (AvgIpc) is 3.02. The van der Waals surface area contributed by atoms with E-state index >= 15 is 0 Å². The van der Waals surface area contributed by atoms with Crippen LogP contribution >= 0.6 is 0 Å². The first-order chi connectivity index (χ1) is 11.8. The number of nitrogens with one attached hydrogen (secondary N) is 1. The molecular weight excluding hydrogens is 352 g/mol. The summed E-state index contributed by atoms with van der Waals surface area (Å²) in [5.41, 5.74) is 2.12. The van der Waals surface area contributed by atoms with Gasteiger partial charge in [0.2, 0.25) is 0 Å². The number of halogens is 2. The van der Waals surface area contributed by atoms with Crippen molar-refractivity contribution in [1.82, 2.24) is 4.72 Å². The first-order valence-electron chi connectivity index (χ1n) is 7.59. The van der Waals surface area contributed by atoms with Crippen LogP contribution in [0.4, 0.5) is 8.78 Å². The lowest BCUT2D eigenvalue weighted by Gasteiger charge is -2.09. The number of carbonyl (C=O) groups excluding carboxylic acids is 1. The Bertz CT molecular complexity index is 895. The highest BCUT2D eigenvalue weighted by Gasteiger charge is 2.21. The summed E-state index contributed by atoms with van der Waals surface area (Å²) in [6.45, 7) is -2.97. The molecule has 3 rings (SSSR count). The summed E-state index contributed by atoms with van der Waals surface area (Å²) in [4.78, 5) is 12.1. The van der Waals surface area contributed by atoms with Gasteiger partial charge in [-0.05, 0) is 66.8 Å². The molecule has 1 amide bonds. The summed E-state index contributed by atoms with van der Waals surface area (Å²) in [6, 6.07) is 9.58. The minimum absolute atomic E-state index is 0.0198. The van der Waals surface area contributed by atoms with Crippen LogP contribution in [0, 0.1) is 0 Å². The Morgan fingerprint density at radius 1 is 1.04 bits per heavy atom. The molecular formula is C17H15F2NO4S. The maximum absolute atomic E-state index is 12.4. The summed E-state index contributed by atoms with van der Waals surface area (Å²) in [5.74, 6) is -0.961. The van der Waals surface area contributed by atoms with Crippen LogP contribution in [0.2, 0.25) is 0 Å². The number of amides is 1. The molecule has 0 radical (unpaired) electrons. The molecule has 0 saturated heterocycles. The number of rotatable bonds is 5. The predicted molar refractivity (Wildman–Crippen MR) is 86.2 cm³/mol. The lowest BCUT2D eigenvalue weighted by Crippen LogP contribution is -2.30. The van der Waals surface area contributed by atoms with Crippen LogP contribution in [0.15, 0.2) is 47.4 Å². The van der Waals surface area contributed by atoms with Gasteiger partial charge in [-0.3, -0.25) is 4.79 Å². The van der Waals surface area contributed by atoms with Crippen LogP contribution in [-0.2, 0) is 22.9 Å². The van der Waals surface area contributed by atoms with Gasteiger partial charge < -0.3 is 4.74 Å². The van der Waals surface area contributed by atoms with Crippen LogP contribution in [0.25, 0.3) is 0 Å². The first kappa shape index (κ1) is 17.3. The minimum atomic E-state index is -4.01. The van der Waals surface area contributed by atoms with Gasteiger partial charge in [-0.15, -0.1) is 0 Å². The zero-order valence-electron chi connectivity index (χ0n) is 13.0. The van der Waals surface area contributed by atoms with Crippen molar-refractivity contribution < 1.29 is 26.7 Å². The molecule has 132 valence electrons. The second-order valence-corrected chi connectivity index (χ2v) is 7.30. The van der Waals surface area contributed by atoms with Gasteiger partial charge in [0, 0.05) is 5.56 Å². The molecule has 0 aromatic heterocycles. The third kappa shape index (κ3) is 3.96. The van der Waals surface area contributed by atoms with E-state index in [1.807, 2.05) is 4.72 Å². The van der Waals surface area contributed by atoms with E-state index < -0.39 is 22.5 Å². The summed E-state index contributed by atoms with van der Waals surface area (Å²) < 4.78 is 55.1. The van der Waals surface area contributed by atoms with Crippen LogP contribution in [0.5, 0.6) is 5.75 Å². The van der Waals surface area contributed by atoms with Gasteiger partial charge in [0.05, 0.1) is 4.90 Å². The highest BCUT2D eigenvalue weighted by atomic mass is 32.2. The van der Waals surface area contributed by atoms with E-state index in [-0.39, 0.29) is 16.2 Å². The molecule has 5 nitrogen and oxygen atoms in total. The third-order valence-corrected chi connectivity index (χ3v) is 5.28. The van der Waals surface area contributed by atoms with Crippen LogP contribution in [-0.4, -0.2) is 20.9 Å². The van der Waals surface area contributed by atoms with Crippen LogP contribution in [0.3, 0.4) is 0 Å². The Morgan fingerprint density at radius 3 is 2.40 bits per heavy atom. The first-order valence-corrected chi connectivity index (χ1v) is 9.07. The molecule has 2 aromatic rings. The molecule has 1 aliphatic carbocycles. The van der Waals surface area contributed by atoms with Gasteiger partial charge in [-0.25, -0.2) is 13.1 Å². The largest absolute Gasteiger partial charge is 0.435 e. The molecule has 0 spiro atoms. The molecule has 1 aliphatic rings. The molecule has 0 saturated carbocycles. The normalized spacial score (nSPS) is 13.6. The maximum atomic E-state index is 12.4. The van der Waals surface area contributed by atoms with Crippen molar-refractivity contribution in [2.75, 3.05) is 0 Å². The molecule has 0 heterocycles. The molecule has 1 N–H and O–H groups in total.